The first-order valence-corrected chi connectivity index (χ1v) is 8.20. The average Bonchev–Trinajstić information content (AvgIpc) is 2.49. The van der Waals surface area contributed by atoms with E-state index in [1.165, 1.54) is 12.8 Å². The maximum atomic E-state index is 12.2. The molecule has 3 nitrogen and oxygen atoms in total. The molecule has 1 atom stereocenters. The molecule has 1 aromatic rings. The predicted molar refractivity (Wildman–Crippen MR) is 87.8 cm³/mol. The van der Waals surface area contributed by atoms with Gasteiger partial charge in [-0.05, 0) is 56.0 Å². The fourth-order valence-corrected chi connectivity index (χ4v) is 3.01. The van der Waals surface area contributed by atoms with Crippen molar-refractivity contribution in [3.63, 3.8) is 0 Å². The van der Waals surface area contributed by atoms with Crippen LogP contribution in [0.4, 0.5) is 0 Å². The molecule has 0 saturated carbocycles. The topological polar surface area (TPSA) is 32.3 Å². The standard InChI is InChI=1S/C16H22Cl2N2O/c1-20(11-13-4-6-14(17)15(18)9-13)16(21)7-5-12-3-2-8-19-10-12/h4,6,9,12,19H,2-3,5,7-8,10-11H2,1H3. The summed E-state index contributed by atoms with van der Waals surface area (Å²) in [7, 11) is 1.84. The number of nitrogens with one attached hydrogen (secondary N) is 1. The molecule has 1 aliphatic heterocycles. The summed E-state index contributed by atoms with van der Waals surface area (Å²) in [5.74, 6) is 0.827. The van der Waals surface area contributed by atoms with Crippen LogP contribution in [0.2, 0.25) is 10.0 Å². The zero-order valence-electron chi connectivity index (χ0n) is 12.4. The first kappa shape index (κ1) is 16.6. The third-order valence-corrected chi connectivity index (χ3v) is 4.73. The molecule has 116 valence electrons. The molecule has 1 aliphatic rings. The highest BCUT2D eigenvalue weighted by atomic mass is 35.5. The number of halogens is 2. The summed E-state index contributed by atoms with van der Waals surface area (Å²) in [6, 6.07) is 5.49. The molecule has 1 aromatic carbocycles. The molecule has 1 unspecified atom stereocenters. The van der Waals surface area contributed by atoms with Crippen LogP contribution in [-0.4, -0.2) is 30.9 Å². The highest BCUT2D eigenvalue weighted by molar-refractivity contribution is 6.42. The quantitative estimate of drug-likeness (QED) is 0.893. The number of amides is 1. The molecule has 0 radical (unpaired) electrons. The first-order chi connectivity index (χ1) is 10.1. The molecule has 5 heteroatoms. The van der Waals surface area contributed by atoms with E-state index in [9.17, 15) is 4.79 Å². The normalized spacial score (nSPS) is 18.5. The van der Waals surface area contributed by atoms with Crippen LogP contribution in [-0.2, 0) is 11.3 Å². The van der Waals surface area contributed by atoms with Crippen molar-refractivity contribution in [2.45, 2.75) is 32.2 Å². The van der Waals surface area contributed by atoms with Gasteiger partial charge in [-0.2, -0.15) is 0 Å². The van der Waals surface area contributed by atoms with Gasteiger partial charge in [0.25, 0.3) is 0 Å². The van der Waals surface area contributed by atoms with Gasteiger partial charge in [-0.3, -0.25) is 4.79 Å². The second-order valence-electron chi connectivity index (χ2n) is 5.75. The van der Waals surface area contributed by atoms with Gasteiger partial charge in [-0.15, -0.1) is 0 Å². The van der Waals surface area contributed by atoms with Crippen molar-refractivity contribution in [3.05, 3.63) is 33.8 Å². The molecule has 1 heterocycles. The monoisotopic (exact) mass is 328 g/mol. The maximum absolute atomic E-state index is 12.2. The largest absolute Gasteiger partial charge is 0.341 e. The summed E-state index contributed by atoms with van der Waals surface area (Å²) in [5.41, 5.74) is 1.000. The van der Waals surface area contributed by atoms with Gasteiger partial charge in [0.05, 0.1) is 10.0 Å². The van der Waals surface area contributed by atoms with Crippen LogP contribution in [0.1, 0.15) is 31.2 Å². The Kier molecular flexibility index (Phi) is 6.34. The Morgan fingerprint density at radius 1 is 1.38 bits per heavy atom. The molecule has 21 heavy (non-hydrogen) atoms. The summed E-state index contributed by atoms with van der Waals surface area (Å²) in [5, 5.41) is 4.46. The second kappa shape index (κ2) is 8.02. The number of nitrogens with zero attached hydrogens (tertiary/aromatic N) is 1. The van der Waals surface area contributed by atoms with E-state index in [2.05, 4.69) is 5.32 Å². The summed E-state index contributed by atoms with van der Waals surface area (Å²) < 4.78 is 0. The summed E-state index contributed by atoms with van der Waals surface area (Å²) in [4.78, 5) is 13.9. The van der Waals surface area contributed by atoms with E-state index in [-0.39, 0.29) is 5.91 Å². The van der Waals surface area contributed by atoms with Gasteiger partial charge in [0, 0.05) is 20.0 Å². The lowest BCUT2D eigenvalue weighted by Gasteiger charge is -2.24. The molecule has 1 fully saturated rings. The molecule has 1 N–H and O–H groups in total. The van der Waals surface area contributed by atoms with Crippen LogP contribution in [0.15, 0.2) is 18.2 Å². The van der Waals surface area contributed by atoms with Crippen molar-refractivity contribution in [3.8, 4) is 0 Å². The molecule has 1 saturated heterocycles. The smallest absolute Gasteiger partial charge is 0.222 e. The van der Waals surface area contributed by atoms with Crippen LogP contribution in [0.3, 0.4) is 0 Å². The first-order valence-electron chi connectivity index (χ1n) is 7.45. The third kappa shape index (κ3) is 5.17. The average molecular weight is 329 g/mol. The predicted octanol–water partition coefficient (Wildman–Crippen LogP) is 3.73. The molecule has 0 aromatic heterocycles. The number of benzene rings is 1. The van der Waals surface area contributed by atoms with Crippen molar-refractivity contribution < 1.29 is 4.79 Å². The van der Waals surface area contributed by atoms with Crippen molar-refractivity contribution in [2.24, 2.45) is 5.92 Å². The molecule has 2 rings (SSSR count). The van der Waals surface area contributed by atoms with Crippen LogP contribution in [0.25, 0.3) is 0 Å². The van der Waals surface area contributed by atoms with Gasteiger partial charge < -0.3 is 10.2 Å². The molecule has 1 amide bonds. The summed E-state index contributed by atoms with van der Waals surface area (Å²) in [6.45, 7) is 2.73. The van der Waals surface area contributed by atoms with Crippen LogP contribution in [0, 0.1) is 5.92 Å². The molecular formula is C16H22Cl2N2O. The lowest BCUT2D eigenvalue weighted by atomic mass is 9.94. The van der Waals surface area contributed by atoms with Gasteiger partial charge >= 0.3 is 0 Å². The van der Waals surface area contributed by atoms with Gasteiger partial charge in [-0.1, -0.05) is 29.3 Å². The number of hydrogen-bond donors (Lipinski definition) is 1. The Hall–Kier alpha value is -0.770. The summed E-state index contributed by atoms with van der Waals surface area (Å²) in [6.07, 6.45) is 4.04. The lowest BCUT2D eigenvalue weighted by Crippen LogP contribution is -2.31. The molecule has 0 bridgehead atoms. The fourth-order valence-electron chi connectivity index (χ4n) is 2.69. The van der Waals surface area contributed by atoms with E-state index < -0.39 is 0 Å². The van der Waals surface area contributed by atoms with Gasteiger partial charge in [-0.25, -0.2) is 0 Å². The minimum Gasteiger partial charge on any atom is -0.341 e. The van der Waals surface area contributed by atoms with E-state index in [1.54, 1.807) is 11.0 Å². The molecule has 0 spiro atoms. The van der Waals surface area contributed by atoms with E-state index in [1.807, 2.05) is 19.2 Å². The van der Waals surface area contributed by atoms with E-state index in [0.29, 0.717) is 28.9 Å². The zero-order valence-corrected chi connectivity index (χ0v) is 13.9. The van der Waals surface area contributed by atoms with E-state index in [0.717, 1.165) is 25.1 Å². The van der Waals surface area contributed by atoms with E-state index >= 15 is 0 Å². The Morgan fingerprint density at radius 2 is 2.19 bits per heavy atom. The van der Waals surface area contributed by atoms with Gasteiger partial charge in [0.15, 0.2) is 0 Å². The molecular weight excluding hydrogens is 307 g/mol. The van der Waals surface area contributed by atoms with Crippen LogP contribution < -0.4 is 5.32 Å². The fraction of sp³-hybridized carbons (Fsp3) is 0.562. The Balaban J connectivity index is 1.79. The minimum atomic E-state index is 0.187. The Labute approximate surface area is 136 Å². The number of rotatable bonds is 5. The summed E-state index contributed by atoms with van der Waals surface area (Å²) >= 11 is 11.9. The second-order valence-corrected chi connectivity index (χ2v) is 6.56. The number of carbonyl (C=O) groups excluding carboxylic acids is 1. The van der Waals surface area contributed by atoms with Gasteiger partial charge in [0.1, 0.15) is 0 Å². The van der Waals surface area contributed by atoms with Crippen molar-refractivity contribution >= 4 is 29.1 Å². The van der Waals surface area contributed by atoms with Crippen molar-refractivity contribution in [1.29, 1.82) is 0 Å². The Bertz CT molecular complexity index is 487. The highest BCUT2D eigenvalue weighted by Crippen LogP contribution is 2.23. The zero-order chi connectivity index (χ0) is 15.2. The van der Waals surface area contributed by atoms with Crippen LogP contribution >= 0.6 is 23.2 Å². The maximum Gasteiger partial charge on any atom is 0.222 e. The number of piperidine rings is 1. The van der Waals surface area contributed by atoms with E-state index in [4.69, 9.17) is 23.2 Å². The van der Waals surface area contributed by atoms with Gasteiger partial charge in [0.2, 0.25) is 5.91 Å². The van der Waals surface area contributed by atoms with Crippen molar-refractivity contribution in [1.82, 2.24) is 10.2 Å². The Morgan fingerprint density at radius 3 is 2.86 bits per heavy atom. The third-order valence-electron chi connectivity index (χ3n) is 3.99. The number of carbonyl (C=O) groups is 1. The highest BCUT2D eigenvalue weighted by Gasteiger charge is 2.16. The lowest BCUT2D eigenvalue weighted by molar-refractivity contribution is -0.130. The van der Waals surface area contributed by atoms with Crippen molar-refractivity contribution in [2.75, 3.05) is 20.1 Å². The molecule has 0 aliphatic carbocycles. The van der Waals surface area contributed by atoms with Crippen LogP contribution in [0.5, 0.6) is 0 Å². The number of hydrogen-bond acceptors (Lipinski definition) is 2. The SMILES string of the molecule is CN(Cc1ccc(Cl)c(Cl)c1)C(=O)CCC1CCCNC1. The minimum absolute atomic E-state index is 0.187.